The highest BCUT2D eigenvalue weighted by molar-refractivity contribution is 5.89. The lowest BCUT2D eigenvalue weighted by Crippen LogP contribution is -2.36. The second kappa shape index (κ2) is 7.50. The number of amides is 2. The first-order valence-corrected chi connectivity index (χ1v) is 9.39. The molecule has 2 amide bonds. The van der Waals surface area contributed by atoms with Gasteiger partial charge in [0.15, 0.2) is 5.76 Å². The van der Waals surface area contributed by atoms with Gasteiger partial charge in [0.05, 0.1) is 12.5 Å². The van der Waals surface area contributed by atoms with Crippen molar-refractivity contribution in [3.05, 3.63) is 41.9 Å². The first kappa shape index (κ1) is 17.7. The summed E-state index contributed by atoms with van der Waals surface area (Å²) in [6, 6.07) is 8.07. The average molecular weight is 371 g/mol. The van der Waals surface area contributed by atoms with Crippen LogP contribution in [0.25, 0.3) is 11.3 Å². The predicted octanol–water partition coefficient (Wildman–Crippen LogP) is 2.89. The molecule has 1 N–H and O–H groups in total. The Balaban J connectivity index is 1.33. The molecule has 2 aliphatic rings. The van der Waals surface area contributed by atoms with Crippen LogP contribution in [-0.4, -0.2) is 34.5 Å². The zero-order valence-corrected chi connectivity index (χ0v) is 15.0. The van der Waals surface area contributed by atoms with E-state index in [1.54, 1.807) is 18.2 Å². The maximum absolute atomic E-state index is 13.3. The van der Waals surface area contributed by atoms with E-state index in [0.29, 0.717) is 29.6 Å². The van der Waals surface area contributed by atoms with Gasteiger partial charge in [0.1, 0.15) is 11.5 Å². The fourth-order valence-corrected chi connectivity index (χ4v) is 3.97. The molecule has 1 saturated heterocycles. The van der Waals surface area contributed by atoms with Crippen molar-refractivity contribution in [1.29, 1.82) is 0 Å². The molecule has 0 unspecified atom stereocenters. The summed E-state index contributed by atoms with van der Waals surface area (Å²) >= 11 is 0. The molecule has 1 aliphatic carbocycles. The third-order valence-corrected chi connectivity index (χ3v) is 5.41. The molecule has 142 valence electrons. The van der Waals surface area contributed by atoms with Gasteiger partial charge in [-0.15, -0.1) is 0 Å². The van der Waals surface area contributed by atoms with Crippen LogP contribution in [0, 0.1) is 11.7 Å². The van der Waals surface area contributed by atoms with Crippen molar-refractivity contribution in [2.75, 3.05) is 6.54 Å². The Bertz CT molecular complexity index is 845. The van der Waals surface area contributed by atoms with Crippen LogP contribution in [0.2, 0.25) is 0 Å². The van der Waals surface area contributed by atoms with Crippen molar-refractivity contribution in [2.45, 2.75) is 44.7 Å². The topological polar surface area (TPSA) is 75.4 Å². The van der Waals surface area contributed by atoms with Gasteiger partial charge in [-0.1, -0.05) is 30.1 Å². The summed E-state index contributed by atoms with van der Waals surface area (Å²) in [4.78, 5) is 26.6. The van der Waals surface area contributed by atoms with Gasteiger partial charge in [0, 0.05) is 30.6 Å². The standard InChI is InChI=1S/C20H22FN3O3/c21-15-5-3-4-13(8-15)18-10-17(27-23-18)11-22-20(26)14-9-19(25)24(12-14)16-6-1-2-7-16/h3-5,8,10,14,16H,1-2,6-7,9,11-12H2,(H,22,26)/t14-/m0/s1. The van der Waals surface area contributed by atoms with Gasteiger partial charge in [-0.3, -0.25) is 9.59 Å². The van der Waals surface area contributed by atoms with Gasteiger partial charge in [-0.05, 0) is 25.0 Å². The Morgan fingerprint density at radius 3 is 2.89 bits per heavy atom. The Morgan fingerprint density at radius 1 is 1.30 bits per heavy atom. The molecule has 1 aromatic heterocycles. The number of carbonyl (C=O) groups is 2. The highest BCUT2D eigenvalue weighted by Gasteiger charge is 2.38. The third kappa shape index (κ3) is 3.86. The smallest absolute Gasteiger partial charge is 0.225 e. The first-order valence-electron chi connectivity index (χ1n) is 9.39. The molecular weight excluding hydrogens is 349 g/mol. The van der Waals surface area contributed by atoms with Crippen LogP contribution < -0.4 is 5.32 Å². The van der Waals surface area contributed by atoms with Crippen molar-refractivity contribution in [2.24, 2.45) is 5.92 Å². The molecule has 1 atom stereocenters. The Labute approximate surface area is 156 Å². The average Bonchev–Trinajstić information content (AvgIpc) is 3.40. The van der Waals surface area contributed by atoms with E-state index in [0.717, 1.165) is 25.7 Å². The molecule has 6 nitrogen and oxygen atoms in total. The minimum Gasteiger partial charge on any atom is -0.359 e. The lowest BCUT2D eigenvalue weighted by molar-refractivity contribution is -0.130. The number of nitrogens with zero attached hydrogens (tertiary/aromatic N) is 2. The molecule has 4 rings (SSSR count). The van der Waals surface area contributed by atoms with E-state index in [1.807, 2.05) is 4.90 Å². The van der Waals surface area contributed by atoms with E-state index in [4.69, 9.17) is 4.52 Å². The largest absolute Gasteiger partial charge is 0.359 e. The highest BCUT2D eigenvalue weighted by atomic mass is 19.1. The molecule has 0 radical (unpaired) electrons. The maximum Gasteiger partial charge on any atom is 0.225 e. The lowest BCUT2D eigenvalue weighted by atomic mass is 10.1. The Hall–Kier alpha value is -2.70. The summed E-state index contributed by atoms with van der Waals surface area (Å²) < 4.78 is 18.5. The van der Waals surface area contributed by atoms with Crippen LogP contribution in [0.5, 0.6) is 0 Å². The number of benzene rings is 1. The molecule has 1 saturated carbocycles. The molecule has 2 fully saturated rings. The van der Waals surface area contributed by atoms with Crippen LogP contribution in [0.15, 0.2) is 34.9 Å². The summed E-state index contributed by atoms with van der Waals surface area (Å²) in [7, 11) is 0. The zero-order chi connectivity index (χ0) is 18.8. The molecule has 0 bridgehead atoms. The number of carbonyl (C=O) groups excluding carboxylic acids is 2. The molecule has 7 heteroatoms. The monoisotopic (exact) mass is 371 g/mol. The van der Waals surface area contributed by atoms with Gasteiger partial charge < -0.3 is 14.7 Å². The van der Waals surface area contributed by atoms with Crippen molar-refractivity contribution >= 4 is 11.8 Å². The highest BCUT2D eigenvalue weighted by Crippen LogP contribution is 2.29. The van der Waals surface area contributed by atoms with Gasteiger partial charge in [-0.2, -0.15) is 0 Å². The summed E-state index contributed by atoms with van der Waals surface area (Å²) in [6.07, 6.45) is 4.67. The summed E-state index contributed by atoms with van der Waals surface area (Å²) in [5, 5.41) is 6.75. The van der Waals surface area contributed by atoms with E-state index in [1.165, 1.54) is 12.1 Å². The molecule has 27 heavy (non-hydrogen) atoms. The third-order valence-electron chi connectivity index (χ3n) is 5.41. The Morgan fingerprint density at radius 2 is 2.11 bits per heavy atom. The number of halogens is 1. The van der Waals surface area contributed by atoms with Crippen LogP contribution in [0.3, 0.4) is 0 Å². The number of rotatable bonds is 5. The molecule has 1 aromatic carbocycles. The lowest BCUT2D eigenvalue weighted by Gasteiger charge is -2.23. The molecule has 2 heterocycles. The van der Waals surface area contributed by atoms with Crippen molar-refractivity contribution < 1.29 is 18.5 Å². The number of hydrogen-bond acceptors (Lipinski definition) is 4. The maximum atomic E-state index is 13.3. The molecule has 1 aliphatic heterocycles. The second-order valence-corrected chi connectivity index (χ2v) is 7.29. The van der Waals surface area contributed by atoms with Crippen molar-refractivity contribution in [1.82, 2.24) is 15.4 Å². The fourth-order valence-electron chi connectivity index (χ4n) is 3.97. The van der Waals surface area contributed by atoms with E-state index in [2.05, 4.69) is 10.5 Å². The molecule has 2 aromatic rings. The first-order chi connectivity index (χ1) is 13.1. The normalized spacial score (nSPS) is 20.4. The minimum atomic E-state index is -0.344. The van der Waals surface area contributed by atoms with Crippen LogP contribution in [0.1, 0.15) is 37.9 Å². The van der Waals surface area contributed by atoms with Crippen molar-refractivity contribution in [3.8, 4) is 11.3 Å². The van der Waals surface area contributed by atoms with Crippen LogP contribution in [0.4, 0.5) is 4.39 Å². The summed E-state index contributed by atoms with van der Waals surface area (Å²) in [5.74, 6) is -0.242. The quantitative estimate of drug-likeness (QED) is 0.877. The molecule has 0 spiro atoms. The SMILES string of the molecule is O=C(NCc1cc(-c2cccc(F)c2)no1)[C@H]1CC(=O)N(C2CCCC2)C1. The van der Waals surface area contributed by atoms with Crippen LogP contribution >= 0.6 is 0 Å². The second-order valence-electron chi connectivity index (χ2n) is 7.29. The number of nitrogens with one attached hydrogen (secondary N) is 1. The number of likely N-dealkylation sites (tertiary alicyclic amines) is 1. The van der Waals surface area contributed by atoms with E-state index >= 15 is 0 Å². The molecular formula is C20H22FN3O3. The fraction of sp³-hybridized carbons (Fsp3) is 0.450. The van der Waals surface area contributed by atoms with Crippen LogP contribution in [-0.2, 0) is 16.1 Å². The number of hydrogen-bond donors (Lipinski definition) is 1. The van der Waals surface area contributed by atoms with Gasteiger partial charge >= 0.3 is 0 Å². The van der Waals surface area contributed by atoms with E-state index < -0.39 is 0 Å². The number of aromatic nitrogens is 1. The van der Waals surface area contributed by atoms with Gasteiger partial charge in [-0.25, -0.2) is 4.39 Å². The summed E-state index contributed by atoms with van der Waals surface area (Å²) in [5.41, 5.74) is 1.13. The minimum absolute atomic E-state index is 0.0788. The summed E-state index contributed by atoms with van der Waals surface area (Å²) in [6.45, 7) is 0.690. The van der Waals surface area contributed by atoms with E-state index in [9.17, 15) is 14.0 Å². The van der Waals surface area contributed by atoms with E-state index in [-0.39, 0.29) is 36.5 Å². The van der Waals surface area contributed by atoms with Gasteiger partial charge in [0.2, 0.25) is 11.8 Å². The van der Waals surface area contributed by atoms with Crippen molar-refractivity contribution in [3.63, 3.8) is 0 Å². The Kier molecular flexibility index (Phi) is 4.92. The predicted molar refractivity (Wildman–Crippen MR) is 95.8 cm³/mol. The van der Waals surface area contributed by atoms with Gasteiger partial charge in [0.25, 0.3) is 0 Å². The zero-order valence-electron chi connectivity index (χ0n) is 15.0.